The molecule has 0 spiro atoms. The summed E-state index contributed by atoms with van der Waals surface area (Å²) >= 11 is 0. The van der Waals surface area contributed by atoms with Crippen molar-refractivity contribution < 1.29 is 35.9 Å². The third-order valence-corrected chi connectivity index (χ3v) is 2.27. The van der Waals surface area contributed by atoms with E-state index in [-0.39, 0.29) is 12.8 Å². The van der Waals surface area contributed by atoms with Crippen molar-refractivity contribution in [3.05, 3.63) is 28.8 Å². The number of aromatic nitrogens is 1. The molecular formula is C11H9F6NO2. The summed E-state index contributed by atoms with van der Waals surface area (Å²) in [4.78, 5) is 14.3. The molecule has 1 aromatic heterocycles. The fourth-order valence-corrected chi connectivity index (χ4v) is 1.55. The maximum atomic E-state index is 13.1. The van der Waals surface area contributed by atoms with Gasteiger partial charge in [-0.05, 0) is 6.92 Å². The number of esters is 1. The number of hydrogen-bond donors (Lipinski definition) is 0. The van der Waals surface area contributed by atoms with Crippen molar-refractivity contribution in [3.63, 3.8) is 0 Å². The fourth-order valence-electron chi connectivity index (χ4n) is 1.55. The third-order valence-electron chi connectivity index (χ3n) is 2.27. The predicted molar refractivity (Wildman–Crippen MR) is 54.5 cm³/mol. The average Bonchev–Trinajstić information content (AvgIpc) is 2.29. The topological polar surface area (TPSA) is 39.2 Å². The average molecular weight is 301 g/mol. The number of carbonyl (C=O) groups excluding carboxylic acids is 1. The van der Waals surface area contributed by atoms with Crippen molar-refractivity contribution in [2.24, 2.45) is 0 Å². The summed E-state index contributed by atoms with van der Waals surface area (Å²) < 4.78 is 81.0. The molecule has 0 aliphatic rings. The molecule has 0 aliphatic carbocycles. The molecule has 1 aromatic rings. The summed E-state index contributed by atoms with van der Waals surface area (Å²) in [7, 11) is 0. The van der Waals surface area contributed by atoms with Crippen LogP contribution in [0.1, 0.15) is 30.2 Å². The van der Waals surface area contributed by atoms with Crippen LogP contribution >= 0.6 is 0 Å². The Morgan fingerprint density at radius 1 is 1.40 bits per heavy atom. The summed E-state index contributed by atoms with van der Waals surface area (Å²) in [5.74, 6) is -2.94. The summed E-state index contributed by atoms with van der Waals surface area (Å²) in [5.41, 5.74) is -4.60. The largest absolute Gasteiger partial charge is 0.466 e. The molecule has 0 bridgehead atoms. The van der Waals surface area contributed by atoms with Crippen molar-refractivity contribution in [2.75, 3.05) is 6.61 Å². The number of ether oxygens (including phenoxy) is 1. The highest BCUT2D eigenvalue weighted by atomic mass is 19.4. The second-order valence-electron chi connectivity index (χ2n) is 3.62. The van der Waals surface area contributed by atoms with Gasteiger partial charge in [0.2, 0.25) is 0 Å². The van der Waals surface area contributed by atoms with Crippen LogP contribution < -0.4 is 0 Å². The first-order valence-corrected chi connectivity index (χ1v) is 5.36. The molecule has 0 unspecified atom stereocenters. The normalized spacial score (nSPS) is 11.8. The summed E-state index contributed by atoms with van der Waals surface area (Å²) in [5, 5.41) is 0. The fraction of sp³-hybridized carbons (Fsp3) is 0.455. The summed E-state index contributed by atoms with van der Waals surface area (Å²) in [6.45, 7) is 1.36. The standard InChI is InChI=1S/C11H9F6NO2/c1-2-20-7(19)3-6-8(10(13)14)9(11(15,16)17)5(12)4-18-6/h4,10H,2-3H2,1H3. The van der Waals surface area contributed by atoms with Crippen LogP contribution in [0.2, 0.25) is 0 Å². The lowest BCUT2D eigenvalue weighted by Gasteiger charge is -2.16. The van der Waals surface area contributed by atoms with E-state index < -0.39 is 47.6 Å². The van der Waals surface area contributed by atoms with Gasteiger partial charge in [0.15, 0.2) is 5.82 Å². The molecule has 112 valence electrons. The van der Waals surface area contributed by atoms with Gasteiger partial charge in [0.25, 0.3) is 6.43 Å². The highest BCUT2D eigenvalue weighted by Gasteiger charge is 2.41. The summed E-state index contributed by atoms with van der Waals surface area (Å²) in [6.07, 6.45) is -9.68. The van der Waals surface area contributed by atoms with Gasteiger partial charge in [0.05, 0.1) is 30.5 Å². The second-order valence-corrected chi connectivity index (χ2v) is 3.62. The molecule has 0 radical (unpaired) electrons. The molecule has 0 saturated heterocycles. The lowest BCUT2D eigenvalue weighted by molar-refractivity contribution is -0.144. The quantitative estimate of drug-likeness (QED) is 0.633. The maximum absolute atomic E-state index is 13.1. The first-order valence-electron chi connectivity index (χ1n) is 5.36. The van der Waals surface area contributed by atoms with E-state index in [0.717, 1.165) is 0 Å². The molecule has 0 amide bonds. The molecule has 0 N–H and O–H groups in total. The van der Waals surface area contributed by atoms with E-state index >= 15 is 0 Å². The minimum Gasteiger partial charge on any atom is -0.466 e. The van der Waals surface area contributed by atoms with E-state index in [1.54, 1.807) is 0 Å². The lowest BCUT2D eigenvalue weighted by atomic mass is 10.0. The van der Waals surface area contributed by atoms with Crippen LogP contribution in [0.15, 0.2) is 6.20 Å². The van der Waals surface area contributed by atoms with Crippen molar-refractivity contribution in [1.82, 2.24) is 4.98 Å². The molecular weight excluding hydrogens is 292 g/mol. The van der Waals surface area contributed by atoms with Crippen LogP contribution in [0.25, 0.3) is 0 Å². The van der Waals surface area contributed by atoms with Gasteiger partial charge < -0.3 is 4.74 Å². The van der Waals surface area contributed by atoms with Crippen molar-refractivity contribution in [3.8, 4) is 0 Å². The Bertz CT molecular complexity index is 500. The molecule has 1 rings (SSSR count). The SMILES string of the molecule is CCOC(=O)Cc1ncc(F)c(C(F)(F)F)c1C(F)F. The van der Waals surface area contributed by atoms with Gasteiger partial charge in [0, 0.05) is 0 Å². The maximum Gasteiger partial charge on any atom is 0.419 e. The van der Waals surface area contributed by atoms with Gasteiger partial charge in [-0.2, -0.15) is 13.2 Å². The molecule has 20 heavy (non-hydrogen) atoms. The molecule has 0 aromatic carbocycles. The number of rotatable bonds is 4. The third kappa shape index (κ3) is 3.61. The molecule has 0 aliphatic heterocycles. The Morgan fingerprint density at radius 3 is 2.45 bits per heavy atom. The van der Waals surface area contributed by atoms with Gasteiger partial charge in [0.1, 0.15) is 5.56 Å². The monoisotopic (exact) mass is 301 g/mol. The molecule has 0 atom stereocenters. The van der Waals surface area contributed by atoms with E-state index in [1.807, 2.05) is 0 Å². The number of alkyl halides is 5. The van der Waals surface area contributed by atoms with Crippen LogP contribution in [0.3, 0.4) is 0 Å². The number of pyridine rings is 1. The zero-order chi connectivity index (χ0) is 15.5. The molecule has 0 saturated carbocycles. The molecule has 1 heterocycles. The highest BCUT2D eigenvalue weighted by Crippen LogP contribution is 2.39. The van der Waals surface area contributed by atoms with Gasteiger partial charge in [-0.15, -0.1) is 0 Å². The number of halogens is 6. The van der Waals surface area contributed by atoms with Gasteiger partial charge in [-0.1, -0.05) is 0 Å². The number of nitrogens with zero attached hydrogens (tertiary/aromatic N) is 1. The van der Waals surface area contributed by atoms with Crippen molar-refractivity contribution >= 4 is 5.97 Å². The van der Waals surface area contributed by atoms with E-state index in [0.29, 0.717) is 0 Å². The summed E-state index contributed by atoms with van der Waals surface area (Å²) in [6, 6.07) is 0. The highest BCUT2D eigenvalue weighted by molar-refractivity contribution is 5.72. The van der Waals surface area contributed by atoms with Gasteiger partial charge in [-0.25, -0.2) is 13.2 Å². The first kappa shape index (κ1) is 16.3. The molecule has 3 nitrogen and oxygen atoms in total. The minimum absolute atomic E-state index is 0.0732. The smallest absolute Gasteiger partial charge is 0.419 e. The minimum atomic E-state index is -5.32. The number of carbonyl (C=O) groups is 1. The molecule has 9 heteroatoms. The Kier molecular flexibility index (Phi) is 4.96. The van der Waals surface area contributed by atoms with E-state index in [1.165, 1.54) is 6.92 Å². The Balaban J connectivity index is 3.36. The second kappa shape index (κ2) is 6.10. The van der Waals surface area contributed by atoms with E-state index in [4.69, 9.17) is 0 Å². The van der Waals surface area contributed by atoms with Crippen LogP contribution in [0, 0.1) is 5.82 Å². The lowest BCUT2D eigenvalue weighted by Crippen LogP contribution is -2.18. The van der Waals surface area contributed by atoms with Crippen LogP contribution in [-0.4, -0.2) is 17.6 Å². The van der Waals surface area contributed by atoms with Gasteiger partial charge in [-0.3, -0.25) is 9.78 Å². The zero-order valence-electron chi connectivity index (χ0n) is 10.1. The Morgan fingerprint density at radius 2 is 2.00 bits per heavy atom. The first-order chi connectivity index (χ1) is 9.18. The molecule has 0 fully saturated rings. The van der Waals surface area contributed by atoms with Crippen LogP contribution in [-0.2, 0) is 22.1 Å². The number of hydrogen-bond acceptors (Lipinski definition) is 3. The predicted octanol–water partition coefficient (Wildman–Crippen LogP) is 3.28. The van der Waals surface area contributed by atoms with Crippen molar-refractivity contribution in [2.45, 2.75) is 25.9 Å². The van der Waals surface area contributed by atoms with E-state index in [9.17, 15) is 31.1 Å². The van der Waals surface area contributed by atoms with E-state index in [2.05, 4.69) is 9.72 Å². The Labute approximate surface area is 109 Å². The van der Waals surface area contributed by atoms with Crippen molar-refractivity contribution in [1.29, 1.82) is 0 Å². The van der Waals surface area contributed by atoms with Crippen LogP contribution in [0.5, 0.6) is 0 Å². The van der Waals surface area contributed by atoms with Crippen LogP contribution in [0.4, 0.5) is 26.3 Å². The Hall–Kier alpha value is -1.80. The van der Waals surface area contributed by atoms with Gasteiger partial charge >= 0.3 is 12.1 Å². The zero-order valence-corrected chi connectivity index (χ0v) is 10.1.